The molecule has 1 heterocycles. The SMILES string of the molecule is Cc1ccc2oc(C(=O)CCC(C)C)cc2c1. The Balaban J connectivity index is 2.21. The van der Waals surface area contributed by atoms with Gasteiger partial charge in [0, 0.05) is 11.8 Å². The number of Topliss-reactive ketones (excluding diaryl/α,β-unsaturated/α-hetero) is 1. The molecule has 0 N–H and O–H groups in total. The summed E-state index contributed by atoms with van der Waals surface area (Å²) in [6.45, 7) is 6.28. The van der Waals surface area contributed by atoms with Crippen LogP contribution in [0.3, 0.4) is 0 Å². The molecular formula is C15H18O2. The summed E-state index contributed by atoms with van der Waals surface area (Å²) in [4.78, 5) is 11.9. The molecule has 0 radical (unpaired) electrons. The lowest BCUT2D eigenvalue weighted by Crippen LogP contribution is -1.99. The first kappa shape index (κ1) is 11.9. The van der Waals surface area contributed by atoms with Crippen molar-refractivity contribution in [3.05, 3.63) is 35.6 Å². The second kappa shape index (κ2) is 4.74. The molecule has 90 valence electrons. The predicted octanol–water partition coefficient (Wildman–Crippen LogP) is 4.36. The van der Waals surface area contributed by atoms with Gasteiger partial charge in [-0.1, -0.05) is 25.5 Å². The molecule has 0 spiro atoms. The lowest BCUT2D eigenvalue weighted by molar-refractivity contribution is 0.0950. The molecule has 0 aliphatic heterocycles. The molecule has 0 aliphatic carbocycles. The topological polar surface area (TPSA) is 30.2 Å². The Hall–Kier alpha value is -1.57. The van der Waals surface area contributed by atoms with E-state index in [1.165, 1.54) is 5.56 Å². The highest BCUT2D eigenvalue weighted by atomic mass is 16.3. The molecule has 0 atom stereocenters. The van der Waals surface area contributed by atoms with Crippen molar-refractivity contribution in [3.63, 3.8) is 0 Å². The monoisotopic (exact) mass is 230 g/mol. The van der Waals surface area contributed by atoms with Crippen LogP contribution < -0.4 is 0 Å². The van der Waals surface area contributed by atoms with Crippen molar-refractivity contribution >= 4 is 16.8 Å². The highest BCUT2D eigenvalue weighted by Gasteiger charge is 2.12. The Labute approximate surface area is 102 Å². The van der Waals surface area contributed by atoms with Crippen LogP contribution in [0, 0.1) is 12.8 Å². The summed E-state index contributed by atoms with van der Waals surface area (Å²) < 4.78 is 5.57. The normalized spacial score (nSPS) is 11.3. The average molecular weight is 230 g/mol. The number of furan rings is 1. The zero-order chi connectivity index (χ0) is 12.4. The fraction of sp³-hybridized carbons (Fsp3) is 0.400. The molecule has 0 unspecified atom stereocenters. The first-order chi connectivity index (χ1) is 8.06. The van der Waals surface area contributed by atoms with Gasteiger partial charge in [0.05, 0.1) is 0 Å². The van der Waals surface area contributed by atoms with Gasteiger partial charge in [0.2, 0.25) is 0 Å². The van der Waals surface area contributed by atoms with Crippen LogP contribution in [0.15, 0.2) is 28.7 Å². The molecule has 2 nitrogen and oxygen atoms in total. The number of aryl methyl sites for hydroxylation is 1. The van der Waals surface area contributed by atoms with Crippen LogP contribution in [-0.2, 0) is 0 Å². The number of carbonyl (C=O) groups is 1. The summed E-state index contributed by atoms with van der Waals surface area (Å²) in [6, 6.07) is 7.81. The largest absolute Gasteiger partial charge is 0.453 e. The molecule has 0 fully saturated rings. The third-order valence-corrected chi connectivity index (χ3v) is 2.90. The number of hydrogen-bond acceptors (Lipinski definition) is 2. The van der Waals surface area contributed by atoms with E-state index >= 15 is 0 Å². The molecule has 17 heavy (non-hydrogen) atoms. The number of benzene rings is 1. The zero-order valence-corrected chi connectivity index (χ0v) is 10.6. The molecule has 0 amide bonds. The van der Waals surface area contributed by atoms with Crippen LogP contribution in [0.5, 0.6) is 0 Å². The van der Waals surface area contributed by atoms with Gasteiger partial charge < -0.3 is 4.42 Å². The van der Waals surface area contributed by atoms with Crippen molar-refractivity contribution in [2.24, 2.45) is 5.92 Å². The molecule has 2 heteroatoms. The molecule has 1 aromatic heterocycles. The van der Waals surface area contributed by atoms with Gasteiger partial charge in [-0.2, -0.15) is 0 Å². The van der Waals surface area contributed by atoms with E-state index < -0.39 is 0 Å². The maximum Gasteiger partial charge on any atom is 0.198 e. The second-order valence-corrected chi connectivity index (χ2v) is 5.01. The highest BCUT2D eigenvalue weighted by molar-refractivity contribution is 5.97. The zero-order valence-electron chi connectivity index (χ0n) is 10.6. The van der Waals surface area contributed by atoms with Crippen molar-refractivity contribution in [2.45, 2.75) is 33.6 Å². The molecule has 0 aliphatic rings. The van der Waals surface area contributed by atoms with Crippen molar-refractivity contribution in [2.75, 3.05) is 0 Å². The highest BCUT2D eigenvalue weighted by Crippen LogP contribution is 2.22. The summed E-state index contributed by atoms with van der Waals surface area (Å²) in [5.41, 5.74) is 1.97. The molecule has 1 aromatic carbocycles. The van der Waals surface area contributed by atoms with Crippen LogP contribution in [0.25, 0.3) is 11.0 Å². The minimum atomic E-state index is 0.104. The van der Waals surface area contributed by atoms with Gasteiger partial charge in [0.25, 0.3) is 0 Å². The molecule has 0 bridgehead atoms. The maximum absolute atomic E-state index is 11.9. The molecule has 2 aromatic rings. The Morgan fingerprint density at radius 2 is 2.06 bits per heavy atom. The fourth-order valence-electron chi connectivity index (χ4n) is 1.84. The molecule has 0 saturated carbocycles. The van der Waals surface area contributed by atoms with Crippen molar-refractivity contribution in [1.29, 1.82) is 0 Å². The van der Waals surface area contributed by atoms with Crippen LogP contribution >= 0.6 is 0 Å². The molecular weight excluding hydrogens is 212 g/mol. The van der Waals surface area contributed by atoms with E-state index in [-0.39, 0.29) is 5.78 Å². The summed E-state index contributed by atoms with van der Waals surface area (Å²) in [7, 11) is 0. The lowest BCUT2D eigenvalue weighted by atomic mass is 10.0. The first-order valence-electron chi connectivity index (χ1n) is 6.09. The Bertz CT molecular complexity index is 535. The van der Waals surface area contributed by atoms with E-state index in [0.29, 0.717) is 18.1 Å². The van der Waals surface area contributed by atoms with Crippen LogP contribution in [-0.4, -0.2) is 5.78 Å². The third-order valence-electron chi connectivity index (χ3n) is 2.90. The number of ketones is 1. The van der Waals surface area contributed by atoms with Gasteiger partial charge in [0.1, 0.15) is 5.58 Å². The smallest absolute Gasteiger partial charge is 0.198 e. The van der Waals surface area contributed by atoms with Crippen molar-refractivity contribution < 1.29 is 9.21 Å². The van der Waals surface area contributed by atoms with E-state index in [1.807, 2.05) is 31.2 Å². The van der Waals surface area contributed by atoms with Gasteiger partial charge in [0.15, 0.2) is 11.5 Å². The quantitative estimate of drug-likeness (QED) is 0.730. The van der Waals surface area contributed by atoms with Crippen LogP contribution in [0.1, 0.15) is 42.8 Å². The van der Waals surface area contributed by atoms with E-state index in [9.17, 15) is 4.79 Å². The van der Waals surface area contributed by atoms with Gasteiger partial charge >= 0.3 is 0 Å². The van der Waals surface area contributed by atoms with E-state index in [1.54, 1.807) is 0 Å². The Morgan fingerprint density at radius 3 is 2.76 bits per heavy atom. The van der Waals surface area contributed by atoms with Gasteiger partial charge in [-0.25, -0.2) is 0 Å². The van der Waals surface area contributed by atoms with E-state index in [2.05, 4.69) is 13.8 Å². The Kier molecular flexibility index (Phi) is 3.32. The summed E-state index contributed by atoms with van der Waals surface area (Å²) >= 11 is 0. The molecule has 2 rings (SSSR count). The molecule has 0 saturated heterocycles. The van der Waals surface area contributed by atoms with E-state index in [4.69, 9.17) is 4.42 Å². The predicted molar refractivity (Wildman–Crippen MR) is 69.4 cm³/mol. The maximum atomic E-state index is 11.9. The minimum Gasteiger partial charge on any atom is -0.453 e. The standard InChI is InChI=1S/C15H18O2/c1-10(2)4-6-13(16)15-9-12-8-11(3)5-7-14(12)17-15/h5,7-10H,4,6H2,1-3H3. The number of carbonyl (C=O) groups excluding carboxylic acids is 1. The summed E-state index contributed by atoms with van der Waals surface area (Å²) in [5, 5.41) is 1.01. The fourth-order valence-corrected chi connectivity index (χ4v) is 1.84. The van der Waals surface area contributed by atoms with Crippen molar-refractivity contribution in [3.8, 4) is 0 Å². The third kappa shape index (κ3) is 2.76. The van der Waals surface area contributed by atoms with Gasteiger partial charge in [-0.15, -0.1) is 0 Å². The van der Waals surface area contributed by atoms with Crippen molar-refractivity contribution in [1.82, 2.24) is 0 Å². The van der Waals surface area contributed by atoms with Gasteiger partial charge in [-0.05, 0) is 37.5 Å². The van der Waals surface area contributed by atoms with E-state index in [0.717, 1.165) is 17.4 Å². The number of rotatable bonds is 4. The number of fused-ring (bicyclic) bond motifs is 1. The minimum absolute atomic E-state index is 0.104. The second-order valence-electron chi connectivity index (χ2n) is 5.01. The average Bonchev–Trinajstić information content (AvgIpc) is 2.68. The first-order valence-corrected chi connectivity index (χ1v) is 6.09. The number of hydrogen-bond donors (Lipinski definition) is 0. The van der Waals surface area contributed by atoms with Crippen LogP contribution in [0.4, 0.5) is 0 Å². The Morgan fingerprint density at radius 1 is 1.29 bits per heavy atom. The lowest BCUT2D eigenvalue weighted by Gasteiger charge is -2.00. The summed E-state index contributed by atoms with van der Waals surface area (Å²) in [6.07, 6.45) is 1.48. The van der Waals surface area contributed by atoms with Crippen LogP contribution in [0.2, 0.25) is 0 Å². The summed E-state index contributed by atoms with van der Waals surface area (Å²) in [5.74, 6) is 1.14. The van der Waals surface area contributed by atoms with Gasteiger partial charge in [-0.3, -0.25) is 4.79 Å².